The molecule has 6 heteroatoms. The first-order valence-corrected chi connectivity index (χ1v) is 6.69. The maximum absolute atomic E-state index is 12.0. The van der Waals surface area contributed by atoms with Crippen LogP contribution in [0.2, 0.25) is 0 Å². The Labute approximate surface area is 114 Å². The van der Waals surface area contributed by atoms with Gasteiger partial charge >= 0.3 is 0 Å². The maximum atomic E-state index is 12.0. The molecule has 0 bridgehead atoms. The normalized spacial score (nSPS) is 12.2. The zero-order valence-corrected chi connectivity index (χ0v) is 11.8. The van der Waals surface area contributed by atoms with Crippen LogP contribution in [0.25, 0.3) is 0 Å². The Hall–Kier alpha value is -1.95. The second-order valence-electron chi connectivity index (χ2n) is 4.37. The first kappa shape index (κ1) is 13.5. The molecule has 0 spiro atoms. The lowest BCUT2D eigenvalue weighted by atomic mass is 10.2. The van der Waals surface area contributed by atoms with Crippen LogP contribution in [0.4, 0.5) is 0 Å². The van der Waals surface area contributed by atoms with E-state index in [1.165, 1.54) is 10.6 Å². The summed E-state index contributed by atoms with van der Waals surface area (Å²) in [7, 11) is 1.64. The van der Waals surface area contributed by atoms with E-state index in [-0.39, 0.29) is 17.5 Å². The largest absolute Gasteiger partial charge is 0.343 e. The van der Waals surface area contributed by atoms with Crippen molar-refractivity contribution in [3.63, 3.8) is 0 Å². The predicted octanol–water partition coefficient (Wildman–Crippen LogP) is 1.64. The first-order chi connectivity index (χ1) is 8.97. The van der Waals surface area contributed by atoms with Gasteiger partial charge in [-0.1, -0.05) is 0 Å². The van der Waals surface area contributed by atoms with Crippen molar-refractivity contribution >= 4 is 17.2 Å². The quantitative estimate of drug-likeness (QED) is 0.927. The van der Waals surface area contributed by atoms with E-state index < -0.39 is 0 Å². The lowest BCUT2D eigenvalue weighted by Crippen LogP contribution is -2.28. The van der Waals surface area contributed by atoms with Crippen LogP contribution in [-0.4, -0.2) is 15.5 Å². The summed E-state index contributed by atoms with van der Waals surface area (Å²) in [4.78, 5) is 28.8. The number of rotatable bonds is 3. The van der Waals surface area contributed by atoms with Crippen molar-refractivity contribution in [1.82, 2.24) is 14.9 Å². The van der Waals surface area contributed by atoms with Crippen LogP contribution in [0.15, 0.2) is 29.3 Å². The fraction of sp³-hybridized carbons (Fsp3) is 0.308. The van der Waals surface area contributed by atoms with Crippen LogP contribution in [0.3, 0.4) is 0 Å². The van der Waals surface area contributed by atoms with Gasteiger partial charge in [0.2, 0.25) is 0 Å². The van der Waals surface area contributed by atoms with Crippen LogP contribution in [0.5, 0.6) is 0 Å². The fourth-order valence-corrected chi connectivity index (χ4v) is 2.38. The van der Waals surface area contributed by atoms with Gasteiger partial charge < -0.3 is 9.88 Å². The number of amides is 1. The van der Waals surface area contributed by atoms with Crippen molar-refractivity contribution in [2.75, 3.05) is 0 Å². The van der Waals surface area contributed by atoms with E-state index in [0.29, 0.717) is 5.56 Å². The van der Waals surface area contributed by atoms with Crippen molar-refractivity contribution in [1.29, 1.82) is 0 Å². The molecule has 100 valence electrons. The molecule has 2 aromatic rings. The molecule has 19 heavy (non-hydrogen) atoms. The molecule has 0 saturated carbocycles. The fourth-order valence-electron chi connectivity index (χ4n) is 1.60. The molecule has 1 amide bonds. The minimum atomic E-state index is -0.266. The summed E-state index contributed by atoms with van der Waals surface area (Å²) >= 11 is 1.55. The summed E-state index contributed by atoms with van der Waals surface area (Å²) in [6.45, 7) is 3.84. The number of thiazole rings is 1. The average molecular weight is 277 g/mol. The number of hydrogen-bond acceptors (Lipinski definition) is 4. The van der Waals surface area contributed by atoms with Gasteiger partial charge in [0.05, 0.1) is 6.04 Å². The number of pyridine rings is 1. The molecule has 0 aromatic carbocycles. The van der Waals surface area contributed by atoms with Gasteiger partial charge in [-0.25, -0.2) is 4.98 Å². The number of hydrogen-bond donors (Lipinski definition) is 1. The third kappa shape index (κ3) is 3.08. The Morgan fingerprint density at radius 1 is 1.53 bits per heavy atom. The van der Waals surface area contributed by atoms with Gasteiger partial charge in [0, 0.05) is 35.9 Å². The highest BCUT2D eigenvalue weighted by Crippen LogP contribution is 2.19. The zero-order valence-electron chi connectivity index (χ0n) is 11.0. The van der Waals surface area contributed by atoms with E-state index in [0.717, 1.165) is 9.88 Å². The summed E-state index contributed by atoms with van der Waals surface area (Å²) in [5, 5.41) is 3.69. The lowest BCUT2D eigenvalue weighted by molar-refractivity contribution is 0.0939. The maximum Gasteiger partial charge on any atom is 0.252 e. The lowest BCUT2D eigenvalue weighted by Gasteiger charge is -2.11. The van der Waals surface area contributed by atoms with Crippen LogP contribution in [0, 0.1) is 6.92 Å². The topological polar surface area (TPSA) is 64.0 Å². The number of carbonyl (C=O) groups is 1. The highest BCUT2D eigenvalue weighted by Gasteiger charge is 2.14. The Balaban J connectivity index is 2.12. The van der Waals surface area contributed by atoms with E-state index >= 15 is 0 Å². The molecular weight excluding hydrogens is 262 g/mol. The molecule has 0 saturated heterocycles. The van der Waals surface area contributed by atoms with E-state index in [1.807, 2.05) is 13.8 Å². The summed E-state index contributed by atoms with van der Waals surface area (Å²) in [6.07, 6.45) is 3.36. The standard InChI is InChI=1S/C13H15N3O2S/c1-8-7-14-13(19-8)9(2)15-12(18)10-4-5-16(3)11(17)6-10/h4-7,9H,1-3H3,(H,15,18). The number of aromatic nitrogens is 2. The first-order valence-electron chi connectivity index (χ1n) is 5.87. The molecule has 0 aliphatic rings. The van der Waals surface area contributed by atoms with E-state index in [9.17, 15) is 9.59 Å². The van der Waals surface area contributed by atoms with Gasteiger partial charge in [0.15, 0.2) is 0 Å². The van der Waals surface area contributed by atoms with Crippen LogP contribution in [0.1, 0.15) is 33.2 Å². The molecule has 0 aliphatic carbocycles. The molecule has 2 aromatic heterocycles. The van der Waals surface area contributed by atoms with E-state index in [2.05, 4.69) is 10.3 Å². The number of nitrogens with zero attached hydrogens (tertiary/aromatic N) is 2. The number of carbonyl (C=O) groups excluding carboxylic acids is 1. The molecular formula is C13H15N3O2S. The molecule has 0 aliphatic heterocycles. The molecule has 5 nitrogen and oxygen atoms in total. The van der Waals surface area contributed by atoms with E-state index in [4.69, 9.17) is 0 Å². The summed E-state index contributed by atoms with van der Waals surface area (Å²) in [5.74, 6) is -0.266. The van der Waals surface area contributed by atoms with Gasteiger partial charge in [-0.05, 0) is 19.9 Å². The van der Waals surface area contributed by atoms with Crippen LogP contribution < -0.4 is 10.9 Å². The van der Waals surface area contributed by atoms with Crippen LogP contribution >= 0.6 is 11.3 Å². The zero-order chi connectivity index (χ0) is 14.0. The summed E-state index contributed by atoms with van der Waals surface area (Å²) in [5.41, 5.74) is 0.161. The summed E-state index contributed by atoms with van der Waals surface area (Å²) < 4.78 is 1.42. The molecule has 1 atom stereocenters. The molecule has 0 fully saturated rings. The molecule has 2 rings (SSSR count). The minimum Gasteiger partial charge on any atom is -0.343 e. The SMILES string of the molecule is Cc1cnc(C(C)NC(=O)c2ccn(C)c(=O)c2)s1. The molecule has 2 heterocycles. The Morgan fingerprint density at radius 3 is 2.84 bits per heavy atom. The Kier molecular flexibility index (Phi) is 3.80. The number of nitrogens with one attached hydrogen (secondary N) is 1. The second-order valence-corrected chi connectivity index (χ2v) is 5.64. The molecule has 0 radical (unpaired) electrons. The van der Waals surface area contributed by atoms with Crippen molar-refractivity contribution in [3.8, 4) is 0 Å². The van der Waals surface area contributed by atoms with E-state index in [1.54, 1.807) is 36.8 Å². The number of aryl methyl sites for hydroxylation is 2. The smallest absolute Gasteiger partial charge is 0.252 e. The highest BCUT2D eigenvalue weighted by molar-refractivity contribution is 7.11. The van der Waals surface area contributed by atoms with Gasteiger partial charge in [-0.15, -0.1) is 11.3 Å². The molecule has 1 N–H and O–H groups in total. The predicted molar refractivity (Wildman–Crippen MR) is 74.4 cm³/mol. The minimum absolute atomic E-state index is 0.171. The average Bonchev–Trinajstić information content (AvgIpc) is 2.79. The van der Waals surface area contributed by atoms with Gasteiger partial charge in [-0.2, -0.15) is 0 Å². The Bertz CT molecular complexity index is 660. The van der Waals surface area contributed by atoms with Crippen molar-refractivity contribution in [2.24, 2.45) is 7.05 Å². The third-order valence-corrected chi connectivity index (χ3v) is 3.82. The summed E-state index contributed by atoms with van der Waals surface area (Å²) in [6, 6.07) is 2.78. The van der Waals surface area contributed by atoms with Gasteiger partial charge in [0.1, 0.15) is 5.01 Å². The van der Waals surface area contributed by atoms with Crippen molar-refractivity contribution in [2.45, 2.75) is 19.9 Å². The van der Waals surface area contributed by atoms with Crippen molar-refractivity contribution in [3.05, 3.63) is 50.3 Å². The monoisotopic (exact) mass is 277 g/mol. The third-order valence-electron chi connectivity index (χ3n) is 2.72. The highest BCUT2D eigenvalue weighted by atomic mass is 32.1. The molecule has 1 unspecified atom stereocenters. The van der Waals surface area contributed by atoms with Gasteiger partial charge in [0.25, 0.3) is 11.5 Å². The van der Waals surface area contributed by atoms with Crippen LogP contribution in [-0.2, 0) is 7.05 Å². The van der Waals surface area contributed by atoms with Gasteiger partial charge in [-0.3, -0.25) is 9.59 Å². The van der Waals surface area contributed by atoms with Crippen molar-refractivity contribution < 1.29 is 4.79 Å². The second kappa shape index (κ2) is 5.36. The Morgan fingerprint density at radius 2 is 2.26 bits per heavy atom.